The Bertz CT molecular complexity index is 1250. The summed E-state index contributed by atoms with van der Waals surface area (Å²) in [5, 5.41) is 11.5. The summed E-state index contributed by atoms with van der Waals surface area (Å²) in [7, 11) is 2.98. The van der Waals surface area contributed by atoms with Crippen LogP contribution in [-0.4, -0.2) is 40.9 Å². The minimum atomic E-state index is -0.843. The standard InChI is InChI=1S/C25H20Cl2N2O5/c1-33-17-5-3-14(4-6-17)13-29-21(15-7-9-28-10-8-15)20(23(31)25(29)32)22(30)16-11-18(26)24(34-2)19(27)12-16/h3-12,21,30H,13H2,1-2H3/b22-20+. The van der Waals surface area contributed by atoms with E-state index >= 15 is 0 Å². The molecule has 0 aliphatic carbocycles. The summed E-state index contributed by atoms with van der Waals surface area (Å²) in [6, 6.07) is 12.6. The molecule has 0 saturated carbocycles. The van der Waals surface area contributed by atoms with Crippen LogP contribution in [0, 0.1) is 0 Å². The lowest BCUT2D eigenvalue weighted by molar-refractivity contribution is -0.140. The van der Waals surface area contributed by atoms with E-state index in [0.29, 0.717) is 11.3 Å². The van der Waals surface area contributed by atoms with Crippen molar-refractivity contribution in [2.45, 2.75) is 12.6 Å². The van der Waals surface area contributed by atoms with Crippen LogP contribution >= 0.6 is 23.2 Å². The number of rotatable bonds is 6. The Balaban J connectivity index is 1.84. The van der Waals surface area contributed by atoms with Crippen molar-refractivity contribution in [2.24, 2.45) is 0 Å². The fourth-order valence-electron chi connectivity index (χ4n) is 3.91. The fraction of sp³-hybridized carbons (Fsp3) is 0.160. The second kappa shape index (κ2) is 9.75. The van der Waals surface area contributed by atoms with Crippen molar-refractivity contribution in [3.8, 4) is 11.5 Å². The van der Waals surface area contributed by atoms with Crippen LogP contribution in [-0.2, 0) is 16.1 Å². The molecule has 34 heavy (non-hydrogen) atoms. The zero-order valence-electron chi connectivity index (χ0n) is 18.3. The molecule has 1 saturated heterocycles. The molecule has 1 amide bonds. The molecule has 1 N–H and O–H groups in total. The number of Topliss-reactive ketones (excluding diaryl/α,β-unsaturated/α-hetero) is 1. The summed E-state index contributed by atoms with van der Waals surface area (Å²) in [4.78, 5) is 31.7. The number of amides is 1. The summed E-state index contributed by atoms with van der Waals surface area (Å²) in [6.07, 6.45) is 3.12. The monoisotopic (exact) mass is 498 g/mol. The third-order valence-electron chi connectivity index (χ3n) is 5.55. The molecule has 1 unspecified atom stereocenters. The third kappa shape index (κ3) is 4.32. The van der Waals surface area contributed by atoms with Gasteiger partial charge in [-0.2, -0.15) is 0 Å². The van der Waals surface area contributed by atoms with E-state index in [2.05, 4.69) is 4.98 Å². The van der Waals surface area contributed by atoms with Gasteiger partial charge in [0.2, 0.25) is 0 Å². The predicted molar refractivity (Wildman–Crippen MR) is 128 cm³/mol. The third-order valence-corrected chi connectivity index (χ3v) is 6.11. The second-order valence-electron chi connectivity index (χ2n) is 7.53. The number of pyridine rings is 1. The molecule has 1 atom stereocenters. The topological polar surface area (TPSA) is 89.0 Å². The number of aliphatic hydroxyl groups excluding tert-OH is 1. The zero-order valence-corrected chi connectivity index (χ0v) is 19.8. The Kier molecular flexibility index (Phi) is 6.77. The van der Waals surface area contributed by atoms with Crippen LogP contribution in [0.4, 0.5) is 0 Å². The van der Waals surface area contributed by atoms with Gasteiger partial charge in [-0.3, -0.25) is 14.6 Å². The number of aromatic nitrogens is 1. The number of hydrogen-bond donors (Lipinski definition) is 1. The van der Waals surface area contributed by atoms with E-state index in [4.69, 9.17) is 32.7 Å². The molecule has 3 aromatic rings. The van der Waals surface area contributed by atoms with Crippen molar-refractivity contribution < 1.29 is 24.2 Å². The van der Waals surface area contributed by atoms with Crippen LogP contribution in [0.3, 0.4) is 0 Å². The number of aliphatic hydroxyl groups is 1. The lowest BCUT2D eigenvalue weighted by Gasteiger charge is -2.25. The Morgan fingerprint density at radius 2 is 1.62 bits per heavy atom. The Morgan fingerprint density at radius 1 is 1.00 bits per heavy atom. The summed E-state index contributed by atoms with van der Waals surface area (Å²) < 4.78 is 10.3. The lowest BCUT2D eigenvalue weighted by atomic mass is 9.95. The highest BCUT2D eigenvalue weighted by molar-refractivity contribution is 6.46. The maximum absolute atomic E-state index is 13.2. The van der Waals surface area contributed by atoms with Gasteiger partial charge in [0.25, 0.3) is 11.7 Å². The van der Waals surface area contributed by atoms with Crippen LogP contribution in [0.5, 0.6) is 11.5 Å². The van der Waals surface area contributed by atoms with Gasteiger partial charge in [-0.1, -0.05) is 35.3 Å². The normalized spacial score (nSPS) is 17.2. The van der Waals surface area contributed by atoms with Crippen molar-refractivity contribution in [3.63, 3.8) is 0 Å². The first-order valence-electron chi connectivity index (χ1n) is 10.2. The van der Waals surface area contributed by atoms with Crippen molar-refractivity contribution in [3.05, 3.63) is 93.2 Å². The number of carbonyl (C=O) groups is 2. The van der Waals surface area contributed by atoms with Gasteiger partial charge in [0.05, 0.1) is 35.9 Å². The van der Waals surface area contributed by atoms with Crippen LogP contribution in [0.15, 0.2) is 66.5 Å². The van der Waals surface area contributed by atoms with E-state index in [1.54, 1.807) is 43.8 Å². The Morgan fingerprint density at radius 3 is 2.18 bits per heavy atom. The number of benzene rings is 2. The minimum Gasteiger partial charge on any atom is -0.507 e. The van der Waals surface area contributed by atoms with Gasteiger partial charge in [0, 0.05) is 24.5 Å². The molecule has 4 rings (SSSR count). The van der Waals surface area contributed by atoms with Crippen molar-refractivity contribution in [1.29, 1.82) is 0 Å². The first-order valence-corrected chi connectivity index (χ1v) is 11.0. The maximum atomic E-state index is 13.2. The number of hydrogen-bond acceptors (Lipinski definition) is 6. The number of ketones is 1. The molecule has 174 valence electrons. The zero-order chi connectivity index (χ0) is 24.4. The van der Waals surface area contributed by atoms with Gasteiger partial charge < -0.3 is 19.5 Å². The molecule has 0 radical (unpaired) electrons. The first-order chi connectivity index (χ1) is 16.3. The maximum Gasteiger partial charge on any atom is 0.295 e. The summed E-state index contributed by atoms with van der Waals surface area (Å²) >= 11 is 12.5. The van der Waals surface area contributed by atoms with Crippen molar-refractivity contribution in [1.82, 2.24) is 9.88 Å². The fourth-order valence-corrected chi connectivity index (χ4v) is 4.55. The van der Waals surface area contributed by atoms with Crippen LogP contribution < -0.4 is 9.47 Å². The molecule has 2 heterocycles. The van der Waals surface area contributed by atoms with Crippen LogP contribution in [0.1, 0.15) is 22.7 Å². The number of methoxy groups -OCH3 is 2. The average molecular weight is 499 g/mol. The molecule has 1 fully saturated rings. The van der Waals surface area contributed by atoms with E-state index in [1.165, 1.54) is 24.1 Å². The first kappa shape index (κ1) is 23.6. The smallest absolute Gasteiger partial charge is 0.295 e. The molecule has 1 aliphatic heterocycles. The van der Waals surface area contributed by atoms with Crippen molar-refractivity contribution >= 4 is 40.7 Å². The number of likely N-dealkylation sites (tertiary alicyclic amines) is 1. The minimum absolute atomic E-state index is 0.0676. The van der Waals surface area contributed by atoms with Crippen LogP contribution in [0.2, 0.25) is 10.0 Å². The lowest BCUT2D eigenvalue weighted by Crippen LogP contribution is -2.29. The highest BCUT2D eigenvalue weighted by atomic mass is 35.5. The quantitative estimate of drug-likeness (QED) is 0.291. The number of carbonyl (C=O) groups excluding carboxylic acids is 2. The molecule has 1 aliphatic rings. The molecule has 1 aromatic heterocycles. The van der Waals surface area contributed by atoms with E-state index in [0.717, 1.165) is 5.56 Å². The molecular weight excluding hydrogens is 479 g/mol. The van der Waals surface area contributed by atoms with Gasteiger partial charge in [0.1, 0.15) is 11.5 Å². The van der Waals surface area contributed by atoms with E-state index < -0.39 is 17.7 Å². The Labute approximate surface area is 206 Å². The van der Waals surface area contributed by atoms with Gasteiger partial charge in [-0.25, -0.2) is 0 Å². The molecule has 7 nitrogen and oxygen atoms in total. The number of ether oxygens (including phenoxy) is 2. The second-order valence-corrected chi connectivity index (χ2v) is 8.34. The molecular formula is C25H20Cl2N2O5. The van der Waals surface area contributed by atoms with Crippen molar-refractivity contribution in [2.75, 3.05) is 14.2 Å². The van der Waals surface area contributed by atoms with Gasteiger partial charge >= 0.3 is 0 Å². The highest BCUT2D eigenvalue weighted by Gasteiger charge is 2.46. The largest absolute Gasteiger partial charge is 0.507 e. The van der Waals surface area contributed by atoms with Crippen LogP contribution in [0.25, 0.3) is 5.76 Å². The molecule has 0 bridgehead atoms. The number of halogens is 2. The van der Waals surface area contributed by atoms with E-state index in [-0.39, 0.29) is 39.2 Å². The predicted octanol–water partition coefficient (Wildman–Crippen LogP) is 5.03. The number of nitrogens with zero attached hydrogens (tertiary/aromatic N) is 2. The average Bonchev–Trinajstić information content (AvgIpc) is 3.09. The summed E-state index contributed by atoms with van der Waals surface area (Å²) in [5.74, 6) is -1.01. The van der Waals surface area contributed by atoms with Gasteiger partial charge in [-0.05, 0) is 47.5 Å². The molecule has 0 spiro atoms. The summed E-state index contributed by atoms with van der Waals surface area (Å²) in [6.45, 7) is 0.141. The summed E-state index contributed by atoms with van der Waals surface area (Å²) in [5.41, 5.74) is 1.53. The SMILES string of the molecule is COc1ccc(CN2C(=O)C(=O)/C(=C(/O)c3cc(Cl)c(OC)c(Cl)c3)C2c2ccncc2)cc1. The van der Waals surface area contributed by atoms with Gasteiger partial charge in [-0.15, -0.1) is 0 Å². The van der Waals surface area contributed by atoms with E-state index in [9.17, 15) is 14.7 Å². The molecule has 2 aromatic carbocycles. The molecule has 9 heteroatoms. The van der Waals surface area contributed by atoms with E-state index in [1.807, 2.05) is 12.1 Å². The Hall–Kier alpha value is -3.55. The van der Waals surface area contributed by atoms with Gasteiger partial charge in [0.15, 0.2) is 5.75 Å². The highest BCUT2D eigenvalue weighted by Crippen LogP contribution is 2.42.